The van der Waals surface area contributed by atoms with Crippen molar-refractivity contribution in [2.24, 2.45) is 0 Å². The fourth-order valence-electron chi connectivity index (χ4n) is 2.64. The van der Waals surface area contributed by atoms with Crippen molar-refractivity contribution >= 4 is 35.0 Å². The maximum Gasteiger partial charge on any atom is 0.339 e. The van der Waals surface area contributed by atoms with Gasteiger partial charge >= 0.3 is 5.97 Å². The van der Waals surface area contributed by atoms with E-state index in [1.807, 2.05) is 66.2 Å². The van der Waals surface area contributed by atoms with Crippen molar-refractivity contribution < 1.29 is 14.3 Å². The fraction of sp³-hybridized carbons (Fsp3) is 0.143. The molecule has 0 unspecified atom stereocenters. The quantitative estimate of drug-likeness (QED) is 0.470. The van der Waals surface area contributed by atoms with Crippen LogP contribution in [0.5, 0.6) is 0 Å². The number of thiophene rings is 1. The summed E-state index contributed by atoms with van der Waals surface area (Å²) in [6.07, 6.45) is 1.89. The van der Waals surface area contributed by atoms with Crippen LogP contribution in [0.15, 0.2) is 77.0 Å². The molecule has 138 valence electrons. The maximum atomic E-state index is 12.4. The summed E-state index contributed by atoms with van der Waals surface area (Å²) in [6.45, 7) is -0.323. The largest absolute Gasteiger partial charge is 0.452 e. The first kappa shape index (κ1) is 19.2. The van der Waals surface area contributed by atoms with Crippen molar-refractivity contribution in [2.75, 3.05) is 12.9 Å². The first-order valence-electron chi connectivity index (χ1n) is 8.37. The third-order valence-electron chi connectivity index (χ3n) is 3.93. The molecule has 4 nitrogen and oxygen atoms in total. The third-order valence-corrected chi connectivity index (χ3v) is 5.66. The van der Waals surface area contributed by atoms with Crippen LogP contribution < -0.4 is 5.32 Å². The van der Waals surface area contributed by atoms with Crippen LogP contribution >= 0.6 is 23.1 Å². The number of ether oxygens (including phenoxy) is 1. The minimum atomic E-state index is -0.498. The van der Waals surface area contributed by atoms with Gasteiger partial charge < -0.3 is 10.1 Å². The molecule has 27 heavy (non-hydrogen) atoms. The fourth-order valence-corrected chi connectivity index (χ4v) is 4.03. The summed E-state index contributed by atoms with van der Waals surface area (Å²) in [6, 6.07) is 20.6. The lowest BCUT2D eigenvalue weighted by atomic mass is 10.1. The predicted molar refractivity (Wildman–Crippen MR) is 109 cm³/mol. The van der Waals surface area contributed by atoms with E-state index in [0.717, 1.165) is 15.3 Å². The van der Waals surface area contributed by atoms with E-state index in [1.165, 1.54) is 11.8 Å². The highest BCUT2D eigenvalue weighted by Gasteiger charge is 2.19. The normalized spacial score (nSPS) is 11.6. The molecular weight excluding hydrogens is 378 g/mol. The molecule has 2 aromatic carbocycles. The first-order chi connectivity index (χ1) is 13.2. The Morgan fingerprint density at radius 3 is 2.48 bits per heavy atom. The van der Waals surface area contributed by atoms with Crippen LogP contribution in [-0.2, 0) is 9.53 Å². The summed E-state index contributed by atoms with van der Waals surface area (Å²) in [4.78, 5) is 26.6. The Kier molecular flexibility index (Phi) is 6.68. The summed E-state index contributed by atoms with van der Waals surface area (Å²) in [5, 5.41) is 4.93. The number of rotatable bonds is 7. The van der Waals surface area contributed by atoms with Gasteiger partial charge in [-0.2, -0.15) is 0 Å². The number of esters is 1. The Balaban J connectivity index is 1.66. The Labute approximate surface area is 166 Å². The number of thioether (sulfide) groups is 1. The van der Waals surface area contributed by atoms with E-state index in [4.69, 9.17) is 4.74 Å². The molecule has 0 aliphatic carbocycles. The van der Waals surface area contributed by atoms with Crippen LogP contribution in [0.25, 0.3) is 0 Å². The second kappa shape index (κ2) is 9.39. The highest BCUT2D eigenvalue weighted by molar-refractivity contribution is 7.98. The van der Waals surface area contributed by atoms with Gasteiger partial charge in [0.1, 0.15) is 0 Å². The minimum Gasteiger partial charge on any atom is -0.452 e. The van der Waals surface area contributed by atoms with Gasteiger partial charge in [0.05, 0.1) is 11.6 Å². The lowest BCUT2D eigenvalue weighted by Crippen LogP contribution is -2.32. The molecule has 0 saturated carbocycles. The molecule has 1 N–H and O–H groups in total. The topological polar surface area (TPSA) is 55.4 Å². The van der Waals surface area contributed by atoms with Crippen molar-refractivity contribution in [1.82, 2.24) is 5.32 Å². The Bertz CT molecular complexity index is 895. The number of carbonyl (C=O) groups is 2. The van der Waals surface area contributed by atoms with E-state index in [0.29, 0.717) is 5.56 Å². The van der Waals surface area contributed by atoms with E-state index in [-0.39, 0.29) is 18.6 Å². The number of nitrogens with one attached hydrogen (secondary N) is 1. The van der Waals surface area contributed by atoms with Gasteiger partial charge in [-0.15, -0.1) is 23.1 Å². The van der Waals surface area contributed by atoms with Crippen LogP contribution in [0, 0.1) is 0 Å². The van der Waals surface area contributed by atoms with Crippen LogP contribution in [0.4, 0.5) is 0 Å². The summed E-state index contributed by atoms with van der Waals surface area (Å²) in [5.74, 6) is -0.838. The van der Waals surface area contributed by atoms with Gasteiger partial charge in [0.25, 0.3) is 5.91 Å². The zero-order valence-corrected chi connectivity index (χ0v) is 16.4. The van der Waals surface area contributed by atoms with Crippen LogP contribution in [0.1, 0.15) is 26.8 Å². The zero-order chi connectivity index (χ0) is 19.1. The summed E-state index contributed by atoms with van der Waals surface area (Å²) in [5.41, 5.74) is 1.45. The Morgan fingerprint density at radius 2 is 1.78 bits per heavy atom. The summed E-state index contributed by atoms with van der Waals surface area (Å²) >= 11 is 3.03. The van der Waals surface area contributed by atoms with Crippen molar-refractivity contribution in [3.05, 3.63) is 88.1 Å². The number of amides is 1. The van der Waals surface area contributed by atoms with Crippen LogP contribution in [0.2, 0.25) is 0 Å². The molecule has 1 heterocycles. The zero-order valence-electron chi connectivity index (χ0n) is 14.8. The summed E-state index contributed by atoms with van der Waals surface area (Å²) in [7, 11) is 0. The molecular formula is C21H19NO3S2. The van der Waals surface area contributed by atoms with Gasteiger partial charge in [-0.05, 0) is 35.4 Å². The van der Waals surface area contributed by atoms with E-state index in [1.54, 1.807) is 23.5 Å². The molecule has 3 rings (SSSR count). The van der Waals surface area contributed by atoms with Gasteiger partial charge in [0, 0.05) is 9.77 Å². The van der Waals surface area contributed by atoms with Gasteiger partial charge in [0.2, 0.25) is 0 Å². The second-order valence-corrected chi connectivity index (χ2v) is 7.53. The monoisotopic (exact) mass is 397 g/mol. The molecule has 0 aliphatic rings. The van der Waals surface area contributed by atoms with Gasteiger partial charge in [-0.3, -0.25) is 4.79 Å². The van der Waals surface area contributed by atoms with Gasteiger partial charge in [-0.1, -0.05) is 48.5 Å². The second-order valence-electron chi connectivity index (χ2n) is 5.70. The SMILES string of the molecule is CSc1ccccc1C(=O)OCC(=O)N[C@H](c1ccccc1)c1cccs1. The lowest BCUT2D eigenvalue weighted by molar-refractivity contribution is -0.124. The molecule has 6 heteroatoms. The van der Waals surface area contributed by atoms with Crippen molar-refractivity contribution in [1.29, 1.82) is 0 Å². The lowest BCUT2D eigenvalue weighted by Gasteiger charge is -2.18. The first-order valence-corrected chi connectivity index (χ1v) is 10.5. The Morgan fingerprint density at radius 1 is 1.04 bits per heavy atom. The summed E-state index contributed by atoms with van der Waals surface area (Å²) < 4.78 is 5.23. The van der Waals surface area contributed by atoms with Crippen LogP contribution in [0.3, 0.4) is 0 Å². The average molecular weight is 398 g/mol. The number of hydrogen-bond acceptors (Lipinski definition) is 5. The molecule has 1 aromatic heterocycles. The van der Waals surface area contributed by atoms with Crippen molar-refractivity contribution in [3.8, 4) is 0 Å². The molecule has 0 radical (unpaired) electrons. The third kappa shape index (κ3) is 4.99. The number of benzene rings is 2. The van der Waals surface area contributed by atoms with E-state index >= 15 is 0 Å². The predicted octanol–water partition coefficient (Wildman–Crippen LogP) is 4.53. The van der Waals surface area contributed by atoms with Crippen LogP contribution in [-0.4, -0.2) is 24.7 Å². The van der Waals surface area contributed by atoms with Crippen molar-refractivity contribution in [3.63, 3.8) is 0 Å². The molecule has 0 fully saturated rings. The molecule has 0 spiro atoms. The molecule has 3 aromatic rings. The number of carbonyl (C=O) groups excluding carboxylic acids is 2. The molecule has 0 saturated heterocycles. The average Bonchev–Trinajstić information content (AvgIpc) is 3.25. The molecule has 0 bridgehead atoms. The molecule has 1 amide bonds. The Hall–Kier alpha value is -2.57. The molecule has 1 atom stereocenters. The minimum absolute atomic E-state index is 0.268. The smallest absolute Gasteiger partial charge is 0.339 e. The van der Waals surface area contributed by atoms with Gasteiger partial charge in [-0.25, -0.2) is 4.79 Å². The van der Waals surface area contributed by atoms with Gasteiger partial charge in [0.15, 0.2) is 6.61 Å². The van der Waals surface area contributed by atoms with E-state index < -0.39 is 5.97 Å². The highest BCUT2D eigenvalue weighted by Crippen LogP contribution is 2.26. The van der Waals surface area contributed by atoms with E-state index in [2.05, 4.69) is 5.32 Å². The highest BCUT2D eigenvalue weighted by atomic mass is 32.2. The molecule has 0 aliphatic heterocycles. The maximum absolute atomic E-state index is 12.4. The standard InChI is InChI=1S/C21H19NO3S2/c1-26-17-11-6-5-10-16(17)21(24)25-14-19(23)22-20(18-12-7-13-27-18)15-8-3-2-4-9-15/h2-13,20H,14H2,1H3,(H,22,23)/t20-/m1/s1. The number of hydrogen-bond donors (Lipinski definition) is 1. The van der Waals surface area contributed by atoms with E-state index in [9.17, 15) is 9.59 Å². The van der Waals surface area contributed by atoms with Crippen molar-refractivity contribution in [2.45, 2.75) is 10.9 Å².